The molecule has 3 amide bonds. The monoisotopic (exact) mass is 333 g/mol. The second kappa shape index (κ2) is 7.49. The second-order valence-corrected chi connectivity index (χ2v) is 5.78. The number of primary amides is 1. The highest BCUT2D eigenvalue weighted by Crippen LogP contribution is 2.19. The third kappa shape index (κ3) is 4.35. The van der Waals surface area contributed by atoms with Crippen LogP contribution in [0.5, 0.6) is 0 Å². The minimum Gasteiger partial charge on any atom is -0.352 e. The summed E-state index contributed by atoms with van der Waals surface area (Å²) in [6.07, 6.45) is 0.336. The Kier molecular flexibility index (Phi) is 4.95. The van der Waals surface area contributed by atoms with Crippen molar-refractivity contribution in [3.8, 4) is 0 Å². The summed E-state index contributed by atoms with van der Waals surface area (Å²) in [4.78, 5) is 23.0. The van der Waals surface area contributed by atoms with Crippen molar-refractivity contribution >= 4 is 28.4 Å². The van der Waals surface area contributed by atoms with E-state index in [4.69, 9.17) is 5.73 Å². The lowest BCUT2D eigenvalue weighted by atomic mass is 10.0. The highest BCUT2D eigenvalue weighted by atomic mass is 16.2. The minimum atomic E-state index is -0.601. The maximum Gasteiger partial charge on any atom is 0.316 e. The van der Waals surface area contributed by atoms with Crippen LogP contribution in [0, 0.1) is 0 Å². The molecule has 0 bridgehead atoms. The number of carbonyl (C=O) groups is 2. The zero-order valence-corrected chi connectivity index (χ0v) is 13.7. The predicted octanol–water partition coefficient (Wildman–Crippen LogP) is 3.19. The molecule has 0 aliphatic carbocycles. The first kappa shape index (κ1) is 16.5. The zero-order valence-electron chi connectivity index (χ0n) is 13.7. The van der Waals surface area contributed by atoms with E-state index in [1.807, 2.05) is 54.6 Å². The number of hydrogen-bond donors (Lipinski definition) is 3. The molecule has 5 nitrogen and oxygen atoms in total. The summed E-state index contributed by atoms with van der Waals surface area (Å²) in [7, 11) is 0. The maximum absolute atomic E-state index is 12.3. The molecule has 126 valence electrons. The Labute approximate surface area is 145 Å². The van der Waals surface area contributed by atoms with Crippen molar-refractivity contribution in [1.82, 2.24) is 5.32 Å². The molecule has 4 N–H and O–H groups in total. The van der Waals surface area contributed by atoms with Crippen LogP contribution in [0.25, 0.3) is 10.8 Å². The van der Waals surface area contributed by atoms with Crippen molar-refractivity contribution in [2.45, 2.75) is 13.0 Å². The van der Waals surface area contributed by atoms with Gasteiger partial charge in [-0.25, -0.2) is 4.79 Å². The molecule has 0 fully saturated rings. The van der Waals surface area contributed by atoms with E-state index in [0.717, 1.165) is 21.9 Å². The van der Waals surface area contributed by atoms with E-state index >= 15 is 0 Å². The fourth-order valence-corrected chi connectivity index (χ4v) is 2.73. The first-order valence-corrected chi connectivity index (χ1v) is 8.00. The molecule has 3 aromatic carbocycles. The van der Waals surface area contributed by atoms with Gasteiger partial charge in [-0.3, -0.25) is 4.79 Å². The van der Waals surface area contributed by atoms with Gasteiger partial charge in [0.05, 0.1) is 6.42 Å². The highest BCUT2D eigenvalue weighted by molar-refractivity contribution is 5.90. The molecule has 0 saturated carbocycles. The molecule has 5 heteroatoms. The number of fused-ring (bicyclic) bond motifs is 1. The number of amides is 3. The molecule has 0 aliphatic heterocycles. The molecule has 0 heterocycles. The summed E-state index contributed by atoms with van der Waals surface area (Å²) in [5.41, 5.74) is 7.65. The van der Waals surface area contributed by atoms with Crippen molar-refractivity contribution < 1.29 is 9.59 Å². The lowest BCUT2D eigenvalue weighted by molar-refractivity contribution is -0.120. The predicted molar refractivity (Wildman–Crippen MR) is 99.1 cm³/mol. The van der Waals surface area contributed by atoms with E-state index in [0.29, 0.717) is 18.7 Å². The number of nitrogens with one attached hydrogen (secondary N) is 2. The van der Waals surface area contributed by atoms with Crippen LogP contribution in [-0.2, 0) is 17.8 Å². The van der Waals surface area contributed by atoms with Crippen molar-refractivity contribution in [2.75, 3.05) is 5.32 Å². The van der Waals surface area contributed by atoms with Gasteiger partial charge in [-0.1, -0.05) is 54.6 Å². The lowest BCUT2D eigenvalue weighted by Gasteiger charge is -2.09. The van der Waals surface area contributed by atoms with Gasteiger partial charge in [-0.15, -0.1) is 0 Å². The molecule has 0 unspecified atom stereocenters. The average molecular weight is 333 g/mol. The van der Waals surface area contributed by atoms with Crippen molar-refractivity contribution in [3.63, 3.8) is 0 Å². The van der Waals surface area contributed by atoms with Crippen LogP contribution in [0.15, 0.2) is 66.7 Å². The van der Waals surface area contributed by atoms with Crippen LogP contribution < -0.4 is 16.4 Å². The Balaban J connectivity index is 1.60. The van der Waals surface area contributed by atoms with Crippen LogP contribution >= 0.6 is 0 Å². The van der Waals surface area contributed by atoms with Gasteiger partial charge in [0.2, 0.25) is 5.91 Å². The Hall–Kier alpha value is -3.34. The number of rotatable bonds is 5. The summed E-state index contributed by atoms with van der Waals surface area (Å²) < 4.78 is 0. The van der Waals surface area contributed by atoms with Crippen LogP contribution in [-0.4, -0.2) is 11.9 Å². The van der Waals surface area contributed by atoms with E-state index < -0.39 is 6.03 Å². The molecule has 0 atom stereocenters. The molecular weight excluding hydrogens is 314 g/mol. The molecule has 0 radical (unpaired) electrons. The van der Waals surface area contributed by atoms with E-state index in [2.05, 4.69) is 10.6 Å². The molecule has 0 saturated heterocycles. The third-order valence-electron chi connectivity index (χ3n) is 3.94. The molecule has 0 aromatic heterocycles. The zero-order chi connectivity index (χ0) is 17.6. The number of benzene rings is 3. The van der Waals surface area contributed by atoms with Crippen LogP contribution in [0.4, 0.5) is 10.5 Å². The van der Waals surface area contributed by atoms with Crippen LogP contribution in [0.1, 0.15) is 11.1 Å². The maximum atomic E-state index is 12.3. The molecule has 3 rings (SSSR count). The summed E-state index contributed by atoms with van der Waals surface area (Å²) in [5.74, 6) is -0.0318. The largest absolute Gasteiger partial charge is 0.352 e. The summed E-state index contributed by atoms with van der Waals surface area (Å²) in [6.45, 7) is 0.431. The smallest absolute Gasteiger partial charge is 0.316 e. The van der Waals surface area contributed by atoms with Crippen molar-refractivity contribution in [1.29, 1.82) is 0 Å². The molecule has 3 aromatic rings. The van der Waals surface area contributed by atoms with Gasteiger partial charge >= 0.3 is 6.03 Å². The van der Waals surface area contributed by atoms with Gasteiger partial charge < -0.3 is 16.4 Å². The number of anilines is 1. The Morgan fingerprint density at radius 3 is 2.36 bits per heavy atom. The van der Waals surface area contributed by atoms with Gasteiger partial charge in [0.25, 0.3) is 0 Å². The third-order valence-corrected chi connectivity index (χ3v) is 3.94. The number of urea groups is 1. The lowest BCUT2D eigenvalue weighted by Crippen LogP contribution is -2.24. The minimum absolute atomic E-state index is 0.0318. The van der Waals surface area contributed by atoms with Crippen LogP contribution in [0.2, 0.25) is 0 Å². The average Bonchev–Trinajstić information content (AvgIpc) is 2.61. The van der Waals surface area contributed by atoms with Gasteiger partial charge in [-0.2, -0.15) is 0 Å². The van der Waals surface area contributed by atoms with Crippen molar-refractivity contribution in [3.05, 3.63) is 77.9 Å². The van der Waals surface area contributed by atoms with Gasteiger partial charge in [0.15, 0.2) is 0 Å². The van der Waals surface area contributed by atoms with Gasteiger partial charge in [0.1, 0.15) is 0 Å². The van der Waals surface area contributed by atoms with E-state index in [9.17, 15) is 9.59 Å². The first-order valence-electron chi connectivity index (χ1n) is 8.00. The molecule has 0 aliphatic rings. The van der Waals surface area contributed by atoms with E-state index in [-0.39, 0.29) is 5.91 Å². The summed E-state index contributed by atoms with van der Waals surface area (Å²) >= 11 is 0. The van der Waals surface area contributed by atoms with E-state index in [1.54, 1.807) is 12.1 Å². The summed E-state index contributed by atoms with van der Waals surface area (Å²) in [6, 6.07) is 20.6. The molecular formula is C20H19N3O2. The Morgan fingerprint density at radius 2 is 1.60 bits per heavy atom. The Bertz CT molecular complexity index is 899. The summed E-state index contributed by atoms with van der Waals surface area (Å²) in [5, 5.41) is 7.65. The second-order valence-electron chi connectivity index (χ2n) is 5.78. The van der Waals surface area contributed by atoms with Crippen molar-refractivity contribution in [2.24, 2.45) is 5.73 Å². The highest BCUT2D eigenvalue weighted by Gasteiger charge is 2.07. The first-order chi connectivity index (χ1) is 12.1. The molecule has 0 spiro atoms. The SMILES string of the molecule is NC(=O)Nc1ccc(CNC(=O)Cc2cccc3ccccc23)cc1. The fraction of sp³-hybridized carbons (Fsp3) is 0.100. The van der Waals surface area contributed by atoms with Crippen LogP contribution in [0.3, 0.4) is 0 Å². The fourth-order valence-electron chi connectivity index (χ4n) is 2.73. The standard InChI is InChI=1S/C20H19N3O2/c21-20(25)23-17-10-8-14(9-11-17)13-22-19(24)12-16-6-3-5-15-4-1-2-7-18(15)16/h1-11H,12-13H2,(H,22,24)(H3,21,23,25). The Morgan fingerprint density at radius 1 is 0.880 bits per heavy atom. The number of nitrogens with two attached hydrogens (primary N) is 1. The number of carbonyl (C=O) groups excluding carboxylic acids is 2. The quantitative estimate of drug-likeness (QED) is 0.670. The normalized spacial score (nSPS) is 10.4. The number of hydrogen-bond acceptors (Lipinski definition) is 2. The topological polar surface area (TPSA) is 84.2 Å². The van der Waals surface area contributed by atoms with Gasteiger partial charge in [-0.05, 0) is 34.0 Å². The van der Waals surface area contributed by atoms with E-state index in [1.165, 1.54) is 0 Å². The molecule has 25 heavy (non-hydrogen) atoms. The van der Waals surface area contributed by atoms with Gasteiger partial charge in [0, 0.05) is 12.2 Å².